The number of aliphatic carboxylic acids is 1. The van der Waals surface area contributed by atoms with Crippen LogP contribution < -0.4 is 5.32 Å². The highest BCUT2D eigenvalue weighted by Crippen LogP contribution is 2.38. The highest BCUT2D eigenvalue weighted by atomic mass is 16.4. The third kappa shape index (κ3) is 3.48. The van der Waals surface area contributed by atoms with Gasteiger partial charge < -0.3 is 10.4 Å². The van der Waals surface area contributed by atoms with Crippen LogP contribution in [0.15, 0.2) is 0 Å². The van der Waals surface area contributed by atoms with E-state index in [1.807, 2.05) is 0 Å². The number of hydrogen-bond acceptors (Lipinski definition) is 2. The number of hydrogen-bond donors (Lipinski definition) is 2. The third-order valence-corrected chi connectivity index (χ3v) is 4.84. The number of carboxylic acids is 1. The molecular formula is C15H25NO3. The Balaban J connectivity index is 1.86. The van der Waals surface area contributed by atoms with Gasteiger partial charge >= 0.3 is 5.97 Å². The molecule has 0 spiro atoms. The molecule has 0 atom stereocenters. The van der Waals surface area contributed by atoms with Crippen LogP contribution in [0.5, 0.6) is 0 Å². The summed E-state index contributed by atoms with van der Waals surface area (Å²) in [6.45, 7) is 0.317. The van der Waals surface area contributed by atoms with Crippen LogP contribution in [0, 0.1) is 11.3 Å². The molecule has 2 aliphatic carbocycles. The van der Waals surface area contributed by atoms with Gasteiger partial charge in [0.25, 0.3) is 0 Å². The molecule has 0 bridgehead atoms. The summed E-state index contributed by atoms with van der Waals surface area (Å²) in [4.78, 5) is 23.6. The van der Waals surface area contributed by atoms with Crippen molar-refractivity contribution in [1.82, 2.24) is 5.32 Å². The van der Waals surface area contributed by atoms with Crippen molar-refractivity contribution in [2.24, 2.45) is 11.3 Å². The fourth-order valence-electron chi connectivity index (χ4n) is 3.46. The van der Waals surface area contributed by atoms with E-state index in [1.54, 1.807) is 0 Å². The molecule has 1 amide bonds. The molecule has 0 aromatic heterocycles. The highest BCUT2D eigenvalue weighted by Gasteiger charge is 2.41. The van der Waals surface area contributed by atoms with Crippen molar-refractivity contribution in [3.8, 4) is 0 Å². The summed E-state index contributed by atoms with van der Waals surface area (Å²) in [6, 6.07) is 0. The van der Waals surface area contributed by atoms with Crippen molar-refractivity contribution in [2.45, 2.75) is 64.2 Å². The molecule has 0 aliphatic heterocycles. The van der Waals surface area contributed by atoms with Gasteiger partial charge in [0.2, 0.25) is 5.91 Å². The molecule has 0 aromatic carbocycles. The zero-order valence-corrected chi connectivity index (χ0v) is 11.6. The Bertz CT molecular complexity index is 326. The predicted molar refractivity (Wildman–Crippen MR) is 72.7 cm³/mol. The fourth-order valence-corrected chi connectivity index (χ4v) is 3.46. The molecule has 0 aromatic rings. The summed E-state index contributed by atoms with van der Waals surface area (Å²) in [7, 11) is 0. The summed E-state index contributed by atoms with van der Waals surface area (Å²) < 4.78 is 0. The maximum Gasteiger partial charge on any atom is 0.311 e. The van der Waals surface area contributed by atoms with Crippen molar-refractivity contribution in [1.29, 1.82) is 0 Å². The predicted octanol–water partition coefficient (Wildman–Crippen LogP) is 2.72. The fraction of sp³-hybridized carbons (Fsp3) is 0.867. The van der Waals surface area contributed by atoms with E-state index in [0.717, 1.165) is 38.5 Å². The van der Waals surface area contributed by atoms with Gasteiger partial charge in [0.1, 0.15) is 0 Å². The SMILES string of the molecule is O=C(NCC1(C(=O)O)CCCC1)C1CCCCCC1. The van der Waals surface area contributed by atoms with Crippen molar-refractivity contribution in [3.05, 3.63) is 0 Å². The van der Waals surface area contributed by atoms with Crippen LogP contribution in [0.4, 0.5) is 0 Å². The maximum absolute atomic E-state index is 12.2. The molecule has 108 valence electrons. The van der Waals surface area contributed by atoms with Crippen molar-refractivity contribution in [3.63, 3.8) is 0 Å². The first-order valence-electron chi connectivity index (χ1n) is 7.65. The van der Waals surface area contributed by atoms with Gasteiger partial charge in [0.15, 0.2) is 0 Å². The Morgan fingerprint density at radius 1 is 1.00 bits per heavy atom. The lowest BCUT2D eigenvalue weighted by atomic mass is 9.86. The molecule has 0 heterocycles. The number of carboxylic acid groups (broad SMARTS) is 1. The lowest BCUT2D eigenvalue weighted by molar-refractivity contribution is -0.148. The topological polar surface area (TPSA) is 66.4 Å². The minimum atomic E-state index is -0.744. The van der Waals surface area contributed by atoms with Gasteiger partial charge in [0, 0.05) is 12.5 Å². The first kappa shape index (κ1) is 14.4. The summed E-state index contributed by atoms with van der Waals surface area (Å²) in [6.07, 6.45) is 9.96. The van der Waals surface area contributed by atoms with Gasteiger partial charge in [-0.05, 0) is 25.7 Å². The van der Waals surface area contributed by atoms with Crippen molar-refractivity contribution in [2.75, 3.05) is 6.54 Å². The normalized spacial score (nSPS) is 23.8. The maximum atomic E-state index is 12.2. The summed E-state index contributed by atoms with van der Waals surface area (Å²) in [5.74, 6) is -0.560. The number of carbonyl (C=O) groups excluding carboxylic acids is 1. The van der Waals surface area contributed by atoms with Crippen LogP contribution in [0.1, 0.15) is 64.2 Å². The molecule has 2 aliphatic rings. The van der Waals surface area contributed by atoms with Crippen LogP contribution >= 0.6 is 0 Å². The summed E-state index contributed by atoms with van der Waals surface area (Å²) in [5, 5.41) is 12.3. The van der Waals surface area contributed by atoms with E-state index in [0.29, 0.717) is 19.4 Å². The van der Waals surface area contributed by atoms with Crippen molar-refractivity contribution >= 4 is 11.9 Å². The van der Waals surface area contributed by atoms with Crippen LogP contribution in [-0.2, 0) is 9.59 Å². The molecular weight excluding hydrogens is 242 g/mol. The van der Waals surface area contributed by atoms with Gasteiger partial charge in [-0.25, -0.2) is 0 Å². The molecule has 2 N–H and O–H groups in total. The average molecular weight is 267 g/mol. The van der Waals surface area contributed by atoms with Gasteiger partial charge in [-0.3, -0.25) is 9.59 Å². The number of amides is 1. The molecule has 4 heteroatoms. The summed E-state index contributed by atoms with van der Waals surface area (Å²) >= 11 is 0. The first-order valence-corrected chi connectivity index (χ1v) is 7.65. The Hall–Kier alpha value is -1.06. The smallest absolute Gasteiger partial charge is 0.311 e. The minimum Gasteiger partial charge on any atom is -0.481 e. The zero-order chi connectivity index (χ0) is 13.7. The summed E-state index contributed by atoms with van der Waals surface area (Å²) in [5.41, 5.74) is -0.694. The quantitative estimate of drug-likeness (QED) is 0.770. The van der Waals surface area contributed by atoms with Gasteiger partial charge in [0.05, 0.1) is 5.41 Å². The van der Waals surface area contributed by atoms with E-state index in [9.17, 15) is 14.7 Å². The molecule has 0 saturated heterocycles. The van der Waals surface area contributed by atoms with E-state index < -0.39 is 11.4 Å². The number of carbonyl (C=O) groups is 2. The Morgan fingerprint density at radius 3 is 2.11 bits per heavy atom. The molecule has 2 fully saturated rings. The van der Waals surface area contributed by atoms with Crippen LogP contribution in [0.2, 0.25) is 0 Å². The van der Waals surface area contributed by atoms with Crippen LogP contribution in [-0.4, -0.2) is 23.5 Å². The average Bonchev–Trinajstić information content (AvgIpc) is 2.72. The Kier molecular flexibility index (Phi) is 4.83. The van der Waals surface area contributed by atoms with E-state index in [2.05, 4.69) is 5.32 Å². The third-order valence-electron chi connectivity index (χ3n) is 4.84. The molecule has 19 heavy (non-hydrogen) atoms. The lowest BCUT2D eigenvalue weighted by Crippen LogP contribution is -2.43. The minimum absolute atomic E-state index is 0.0782. The monoisotopic (exact) mass is 267 g/mol. The molecule has 0 radical (unpaired) electrons. The van der Waals surface area contributed by atoms with Gasteiger partial charge in [-0.1, -0.05) is 38.5 Å². The van der Waals surface area contributed by atoms with Crippen molar-refractivity contribution < 1.29 is 14.7 Å². The molecule has 4 nitrogen and oxygen atoms in total. The molecule has 2 saturated carbocycles. The van der Waals surface area contributed by atoms with Gasteiger partial charge in [-0.15, -0.1) is 0 Å². The Labute approximate surface area is 115 Å². The first-order chi connectivity index (χ1) is 9.14. The second-order valence-corrected chi connectivity index (χ2v) is 6.20. The van der Waals surface area contributed by atoms with E-state index >= 15 is 0 Å². The standard InChI is InChI=1S/C15H25NO3/c17-13(12-7-3-1-2-4-8-12)16-11-15(14(18)19)9-5-6-10-15/h12H,1-11H2,(H,16,17)(H,18,19). The highest BCUT2D eigenvalue weighted by molar-refractivity contribution is 5.80. The Morgan fingerprint density at radius 2 is 1.58 bits per heavy atom. The van der Waals surface area contributed by atoms with Gasteiger partial charge in [-0.2, -0.15) is 0 Å². The largest absolute Gasteiger partial charge is 0.481 e. The molecule has 0 unspecified atom stereocenters. The second kappa shape index (κ2) is 6.40. The van der Waals surface area contributed by atoms with E-state index in [-0.39, 0.29) is 11.8 Å². The molecule has 2 rings (SSSR count). The number of rotatable bonds is 4. The second-order valence-electron chi connectivity index (χ2n) is 6.20. The van der Waals surface area contributed by atoms with Crippen LogP contribution in [0.3, 0.4) is 0 Å². The zero-order valence-electron chi connectivity index (χ0n) is 11.6. The van der Waals surface area contributed by atoms with E-state index in [1.165, 1.54) is 12.8 Å². The number of nitrogens with one attached hydrogen (secondary N) is 1. The van der Waals surface area contributed by atoms with E-state index in [4.69, 9.17) is 0 Å². The van der Waals surface area contributed by atoms with Crippen LogP contribution in [0.25, 0.3) is 0 Å². The lowest BCUT2D eigenvalue weighted by Gasteiger charge is -2.25.